The van der Waals surface area contributed by atoms with Gasteiger partial charge in [0.05, 0.1) is 47.4 Å². The van der Waals surface area contributed by atoms with Gasteiger partial charge in [0.25, 0.3) is 0 Å². The lowest BCUT2D eigenvalue weighted by Gasteiger charge is -2.33. The van der Waals surface area contributed by atoms with Crippen molar-refractivity contribution in [2.75, 3.05) is 18.4 Å². The number of likely N-dealkylation sites (tertiary alicyclic amines) is 1. The Kier molecular flexibility index (Phi) is 7.64. The molecule has 1 N–H and O–H groups in total. The first-order chi connectivity index (χ1) is 19.7. The van der Waals surface area contributed by atoms with Crippen LogP contribution in [0.4, 0.5) is 19.0 Å². The van der Waals surface area contributed by atoms with Crippen molar-refractivity contribution in [3.8, 4) is 6.07 Å². The van der Waals surface area contributed by atoms with Gasteiger partial charge in [-0.25, -0.2) is 12.9 Å². The summed E-state index contributed by atoms with van der Waals surface area (Å²) in [5, 5.41) is 19.2. The number of fused-ring (bicyclic) bond motifs is 2. The van der Waals surface area contributed by atoms with Gasteiger partial charge < -0.3 is 9.88 Å². The van der Waals surface area contributed by atoms with E-state index in [1.165, 1.54) is 17.5 Å². The highest BCUT2D eigenvalue weighted by Gasteiger charge is 2.29. The van der Waals surface area contributed by atoms with E-state index in [0.717, 1.165) is 60.3 Å². The molecule has 1 fully saturated rings. The second kappa shape index (κ2) is 11.2. The van der Waals surface area contributed by atoms with Crippen LogP contribution in [0.3, 0.4) is 0 Å². The standard InChI is InChI=1S/C28H26F3IN8S/c1-17-19(2-3-25-23(17)8-21(11-33)39(25)13-18-12-36-40(32)14-18)15-38-6-4-20(5-7-38)37-26-24-9-22(10-28(29,30)31)41-27(24)35-16-34-26/h2-3,8-9,12,14,16,20H,4-7,10,13,15H2,1H3,(H,34,35,37). The molecule has 0 unspecified atom stereocenters. The van der Waals surface area contributed by atoms with E-state index in [4.69, 9.17) is 0 Å². The number of alkyl halides is 3. The first-order valence-corrected chi connectivity index (χ1v) is 15.0. The molecule has 0 amide bonds. The summed E-state index contributed by atoms with van der Waals surface area (Å²) in [6.07, 6.45) is 1.76. The van der Waals surface area contributed by atoms with Crippen LogP contribution in [0, 0.1) is 18.3 Å². The Hall–Kier alpha value is -3.22. The summed E-state index contributed by atoms with van der Waals surface area (Å²) in [5.74, 6) is 0.600. The predicted molar refractivity (Wildman–Crippen MR) is 161 cm³/mol. The van der Waals surface area contributed by atoms with Crippen molar-refractivity contribution in [2.24, 2.45) is 0 Å². The normalized spacial score (nSPS) is 15.1. The summed E-state index contributed by atoms with van der Waals surface area (Å²) < 4.78 is 42.4. The first kappa shape index (κ1) is 27.9. The van der Waals surface area contributed by atoms with Crippen molar-refractivity contribution in [1.82, 2.24) is 27.4 Å². The van der Waals surface area contributed by atoms with Crippen molar-refractivity contribution in [2.45, 2.75) is 51.5 Å². The van der Waals surface area contributed by atoms with Crippen LogP contribution >= 0.6 is 34.2 Å². The number of anilines is 1. The SMILES string of the molecule is Cc1c(CN2CCC(Nc3ncnc4sc(CC(F)(F)F)cc34)CC2)ccc2c1cc(C#N)n2Cc1cnn(I)c1. The molecule has 6 rings (SSSR count). The van der Waals surface area contributed by atoms with Crippen LogP contribution in [0.2, 0.25) is 0 Å². The van der Waals surface area contributed by atoms with E-state index in [1.54, 1.807) is 8.96 Å². The zero-order valence-corrected chi connectivity index (χ0v) is 25.1. The van der Waals surface area contributed by atoms with Gasteiger partial charge >= 0.3 is 6.18 Å². The minimum Gasteiger partial charge on any atom is -0.367 e. The van der Waals surface area contributed by atoms with Crippen molar-refractivity contribution in [3.05, 3.63) is 70.2 Å². The van der Waals surface area contributed by atoms with E-state index in [-0.39, 0.29) is 10.9 Å². The summed E-state index contributed by atoms with van der Waals surface area (Å²) in [4.78, 5) is 11.8. The Labute approximate surface area is 252 Å². The Morgan fingerprint density at radius 1 is 1.15 bits per heavy atom. The second-order valence-electron chi connectivity index (χ2n) is 10.4. The number of nitrogens with zero attached hydrogens (tertiary/aromatic N) is 7. The van der Waals surface area contributed by atoms with Gasteiger partial charge in [0.2, 0.25) is 0 Å². The first-order valence-electron chi connectivity index (χ1n) is 13.2. The van der Waals surface area contributed by atoms with Crippen LogP contribution in [-0.2, 0) is 19.5 Å². The monoisotopic (exact) mass is 690 g/mol. The highest BCUT2D eigenvalue weighted by atomic mass is 127. The summed E-state index contributed by atoms with van der Waals surface area (Å²) in [6, 6.07) is 10.3. The van der Waals surface area contributed by atoms with Gasteiger partial charge in [0.1, 0.15) is 28.7 Å². The highest BCUT2D eigenvalue weighted by Crippen LogP contribution is 2.33. The number of aromatic nitrogens is 5. The molecule has 1 aliphatic heterocycles. The lowest BCUT2D eigenvalue weighted by molar-refractivity contribution is -0.126. The third kappa shape index (κ3) is 6.05. The van der Waals surface area contributed by atoms with Crippen LogP contribution < -0.4 is 5.32 Å². The number of rotatable bonds is 7. The minimum atomic E-state index is -4.25. The van der Waals surface area contributed by atoms with Gasteiger partial charge in [-0.05, 0) is 49.1 Å². The topological polar surface area (TPSA) is 87.6 Å². The van der Waals surface area contributed by atoms with Crippen molar-refractivity contribution in [1.29, 1.82) is 5.26 Å². The molecule has 0 bridgehead atoms. The van der Waals surface area contributed by atoms with Crippen molar-refractivity contribution in [3.63, 3.8) is 0 Å². The highest BCUT2D eigenvalue weighted by molar-refractivity contribution is 14.1. The average molecular weight is 691 g/mol. The van der Waals surface area contributed by atoms with Gasteiger partial charge in [0, 0.05) is 53.2 Å². The fourth-order valence-electron chi connectivity index (χ4n) is 5.53. The fourth-order valence-corrected chi connectivity index (χ4v) is 7.04. The maximum Gasteiger partial charge on any atom is 0.393 e. The van der Waals surface area contributed by atoms with Gasteiger partial charge in [0.15, 0.2) is 0 Å². The van der Waals surface area contributed by atoms with E-state index in [0.29, 0.717) is 28.3 Å². The Balaban J connectivity index is 1.12. The van der Waals surface area contributed by atoms with Gasteiger partial charge in [-0.15, -0.1) is 11.3 Å². The second-order valence-corrected chi connectivity index (χ2v) is 12.5. The third-order valence-corrected chi connectivity index (χ3v) is 9.18. The molecule has 5 aromatic rings. The van der Waals surface area contributed by atoms with Gasteiger partial charge in [-0.2, -0.15) is 23.5 Å². The quantitative estimate of drug-likeness (QED) is 0.198. The fraction of sp³-hybridized carbons (Fsp3) is 0.357. The number of aryl methyl sites for hydroxylation is 1. The number of nitriles is 1. The van der Waals surface area contributed by atoms with E-state index in [9.17, 15) is 18.4 Å². The molecule has 1 aromatic carbocycles. The predicted octanol–water partition coefficient (Wildman–Crippen LogP) is 6.45. The number of hydrogen-bond acceptors (Lipinski definition) is 7. The molecule has 212 valence electrons. The lowest BCUT2D eigenvalue weighted by atomic mass is 10.0. The number of piperidine rings is 1. The van der Waals surface area contributed by atoms with Crippen LogP contribution in [0.25, 0.3) is 21.1 Å². The lowest BCUT2D eigenvalue weighted by Crippen LogP contribution is -2.39. The van der Waals surface area contributed by atoms with Crippen molar-refractivity contribution < 1.29 is 13.2 Å². The summed E-state index contributed by atoms with van der Waals surface area (Å²) in [6.45, 7) is 5.29. The molecule has 0 atom stereocenters. The van der Waals surface area contributed by atoms with E-state index < -0.39 is 12.6 Å². The zero-order valence-electron chi connectivity index (χ0n) is 22.1. The largest absolute Gasteiger partial charge is 0.393 e. The Bertz CT molecular complexity index is 1760. The Morgan fingerprint density at radius 2 is 1.95 bits per heavy atom. The van der Waals surface area contributed by atoms with E-state index >= 15 is 0 Å². The van der Waals surface area contributed by atoms with Crippen LogP contribution in [0.1, 0.15) is 40.1 Å². The van der Waals surface area contributed by atoms with Crippen LogP contribution in [0.15, 0.2) is 43.0 Å². The molecule has 0 aliphatic carbocycles. The molecule has 1 saturated heterocycles. The third-order valence-electron chi connectivity index (χ3n) is 7.61. The molecule has 0 spiro atoms. The number of benzene rings is 1. The number of nitrogens with one attached hydrogen (secondary N) is 1. The van der Waals surface area contributed by atoms with E-state index in [1.807, 2.05) is 23.0 Å². The summed E-state index contributed by atoms with van der Waals surface area (Å²) in [7, 11) is 0. The zero-order chi connectivity index (χ0) is 28.7. The Morgan fingerprint density at radius 3 is 2.66 bits per heavy atom. The maximum absolute atomic E-state index is 12.9. The maximum atomic E-state index is 12.9. The molecule has 5 heterocycles. The van der Waals surface area contributed by atoms with Crippen LogP contribution in [0.5, 0.6) is 0 Å². The minimum absolute atomic E-state index is 0.179. The molecule has 1 aliphatic rings. The molecule has 4 aromatic heterocycles. The molecule has 0 saturated carbocycles. The molecule has 13 heteroatoms. The molecule has 41 heavy (non-hydrogen) atoms. The number of halogens is 4. The van der Waals surface area contributed by atoms with E-state index in [2.05, 4.69) is 73.3 Å². The molecular weight excluding hydrogens is 664 g/mol. The molecular formula is C28H26F3IN8S. The number of hydrogen-bond donors (Lipinski definition) is 1. The molecule has 8 nitrogen and oxygen atoms in total. The van der Waals surface area contributed by atoms with Crippen LogP contribution in [-0.4, -0.2) is 52.7 Å². The summed E-state index contributed by atoms with van der Waals surface area (Å²) >= 11 is 3.18. The number of thiophene rings is 1. The average Bonchev–Trinajstić information content (AvgIpc) is 3.63. The molecule has 0 radical (unpaired) electrons. The smallest absolute Gasteiger partial charge is 0.367 e. The van der Waals surface area contributed by atoms with Gasteiger partial charge in [-0.3, -0.25) is 4.90 Å². The van der Waals surface area contributed by atoms with Crippen molar-refractivity contribution >= 4 is 61.1 Å². The summed E-state index contributed by atoms with van der Waals surface area (Å²) in [5.41, 5.74) is 5.12. The van der Waals surface area contributed by atoms with Gasteiger partial charge in [-0.1, -0.05) is 6.07 Å².